The maximum atomic E-state index is 13.5. The summed E-state index contributed by atoms with van der Waals surface area (Å²) in [5.74, 6) is 0.574. The molecule has 4 rings (SSSR count). The predicted molar refractivity (Wildman–Crippen MR) is 125 cm³/mol. The Morgan fingerprint density at radius 1 is 1.06 bits per heavy atom. The van der Waals surface area contributed by atoms with E-state index in [1.807, 2.05) is 42.5 Å². The zero-order chi connectivity index (χ0) is 21.6. The second kappa shape index (κ2) is 10.1. The van der Waals surface area contributed by atoms with Crippen LogP contribution in [0.5, 0.6) is 0 Å². The van der Waals surface area contributed by atoms with Crippen LogP contribution >= 0.6 is 0 Å². The number of likely N-dealkylation sites (tertiary alicyclic amines) is 1. The number of nitrogens with zero attached hydrogens (tertiary/aromatic N) is 2. The minimum atomic E-state index is -0.184. The van der Waals surface area contributed by atoms with Gasteiger partial charge in [0, 0.05) is 0 Å². The zero-order valence-corrected chi connectivity index (χ0v) is 18.3. The van der Waals surface area contributed by atoms with E-state index in [0.717, 1.165) is 50.6 Å². The molecule has 2 aromatic carbocycles. The summed E-state index contributed by atoms with van der Waals surface area (Å²) in [6, 6.07) is 14.8. The van der Waals surface area contributed by atoms with E-state index >= 15 is 0 Å². The van der Waals surface area contributed by atoms with E-state index in [-0.39, 0.29) is 11.8 Å². The lowest BCUT2D eigenvalue weighted by Crippen LogP contribution is -2.42. The van der Waals surface area contributed by atoms with Gasteiger partial charge in [-0.1, -0.05) is 31.2 Å². The Morgan fingerprint density at radius 3 is 2.55 bits per heavy atom. The van der Waals surface area contributed by atoms with Crippen LogP contribution in [0.4, 0.5) is 17.1 Å². The van der Waals surface area contributed by atoms with Crippen LogP contribution in [0.2, 0.25) is 0 Å². The monoisotopic (exact) mass is 420 g/mol. The number of fused-ring (bicyclic) bond motifs is 2. The second-order valence-electron chi connectivity index (χ2n) is 8.43. The standard InChI is InChI=1S/C25H32N4O2/c1-2-26-15-7-8-19-13-16-28(17-14-19)18-24(30)29-22-11-5-3-9-20(22)25(31)27-21-10-4-6-12-23(21)29/h3-6,9-12,19,26H,2,7-8,13-18H2,1H3,(H,27,31). The molecule has 2 aliphatic rings. The molecule has 164 valence electrons. The molecule has 6 nitrogen and oxygen atoms in total. The second-order valence-corrected chi connectivity index (χ2v) is 8.43. The van der Waals surface area contributed by atoms with E-state index in [1.165, 1.54) is 12.8 Å². The lowest BCUT2D eigenvalue weighted by atomic mass is 9.92. The molecule has 31 heavy (non-hydrogen) atoms. The molecule has 0 atom stereocenters. The van der Waals surface area contributed by atoms with Gasteiger partial charge < -0.3 is 10.6 Å². The van der Waals surface area contributed by atoms with E-state index in [9.17, 15) is 9.59 Å². The van der Waals surface area contributed by atoms with Crippen LogP contribution in [0.15, 0.2) is 48.5 Å². The summed E-state index contributed by atoms with van der Waals surface area (Å²) in [7, 11) is 0. The summed E-state index contributed by atoms with van der Waals surface area (Å²) in [5.41, 5.74) is 2.56. The van der Waals surface area contributed by atoms with Gasteiger partial charge in [0.1, 0.15) is 0 Å². The zero-order valence-electron chi connectivity index (χ0n) is 18.3. The summed E-state index contributed by atoms with van der Waals surface area (Å²) in [6.45, 7) is 6.53. The molecule has 6 heteroatoms. The van der Waals surface area contributed by atoms with E-state index < -0.39 is 0 Å². The number of hydrogen-bond donors (Lipinski definition) is 2. The smallest absolute Gasteiger partial charge is 0.257 e. The van der Waals surface area contributed by atoms with Crippen molar-refractivity contribution >= 4 is 28.9 Å². The van der Waals surface area contributed by atoms with Crippen molar-refractivity contribution < 1.29 is 9.59 Å². The van der Waals surface area contributed by atoms with Gasteiger partial charge in [-0.05, 0) is 82.0 Å². The molecule has 2 aromatic rings. The molecule has 1 fully saturated rings. The summed E-state index contributed by atoms with van der Waals surface area (Å²) in [6.07, 6.45) is 4.77. The molecule has 1 saturated heterocycles. The minimum absolute atomic E-state index is 0.00185. The fraction of sp³-hybridized carbons (Fsp3) is 0.440. The first-order valence-electron chi connectivity index (χ1n) is 11.4. The molecule has 2 N–H and O–H groups in total. The third kappa shape index (κ3) is 4.97. The molecule has 0 aromatic heterocycles. The van der Waals surface area contributed by atoms with Crippen LogP contribution in [0.25, 0.3) is 0 Å². The average molecular weight is 421 g/mol. The van der Waals surface area contributed by atoms with Gasteiger partial charge in [0.15, 0.2) is 0 Å². The number of anilines is 3. The number of piperidine rings is 1. The third-order valence-electron chi connectivity index (χ3n) is 6.31. The van der Waals surface area contributed by atoms with Gasteiger partial charge in [0.2, 0.25) is 5.91 Å². The summed E-state index contributed by atoms with van der Waals surface area (Å²) >= 11 is 0. The molecule has 0 aliphatic carbocycles. The average Bonchev–Trinajstić information content (AvgIpc) is 2.92. The highest BCUT2D eigenvalue weighted by Crippen LogP contribution is 2.37. The first-order chi connectivity index (χ1) is 15.2. The van der Waals surface area contributed by atoms with Gasteiger partial charge in [0.05, 0.1) is 29.2 Å². The van der Waals surface area contributed by atoms with Crippen molar-refractivity contribution in [3.63, 3.8) is 0 Å². The van der Waals surface area contributed by atoms with Crippen molar-refractivity contribution in [3.8, 4) is 0 Å². The molecular formula is C25H32N4O2. The topological polar surface area (TPSA) is 64.7 Å². The van der Waals surface area contributed by atoms with Crippen LogP contribution in [0, 0.1) is 5.92 Å². The summed E-state index contributed by atoms with van der Waals surface area (Å²) in [4.78, 5) is 30.2. The molecule has 0 spiro atoms. The highest BCUT2D eigenvalue weighted by molar-refractivity contribution is 6.17. The fourth-order valence-corrected chi connectivity index (χ4v) is 4.61. The van der Waals surface area contributed by atoms with Crippen LogP contribution in [-0.4, -0.2) is 49.4 Å². The lowest BCUT2D eigenvalue weighted by molar-refractivity contribution is -0.119. The van der Waals surface area contributed by atoms with Gasteiger partial charge in [-0.15, -0.1) is 0 Å². The number of benzene rings is 2. The molecule has 0 saturated carbocycles. The third-order valence-corrected chi connectivity index (χ3v) is 6.31. The highest BCUT2D eigenvalue weighted by Gasteiger charge is 2.30. The molecule has 2 amide bonds. The van der Waals surface area contributed by atoms with Crippen molar-refractivity contribution in [1.82, 2.24) is 10.2 Å². The van der Waals surface area contributed by atoms with Crippen molar-refractivity contribution in [3.05, 3.63) is 54.1 Å². The van der Waals surface area contributed by atoms with Crippen LogP contribution < -0.4 is 15.5 Å². The Morgan fingerprint density at radius 2 is 1.77 bits per heavy atom. The predicted octanol–water partition coefficient (Wildman–Crippen LogP) is 4.02. The van der Waals surface area contributed by atoms with Crippen molar-refractivity contribution in [2.24, 2.45) is 5.92 Å². The number of nitrogens with one attached hydrogen (secondary N) is 2. The number of amides is 2. The normalized spacial score (nSPS) is 16.9. The number of carbonyl (C=O) groups is 2. The molecular weight excluding hydrogens is 388 g/mol. The van der Waals surface area contributed by atoms with E-state index in [0.29, 0.717) is 23.5 Å². The van der Waals surface area contributed by atoms with Gasteiger partial charge >= 0.3 is 0 Å². The van der Waals surface area contributed by atoms with Crippen LogP contribution in [0.3, 0.4) is 0 Å². The summed E-state index contributed by atoms with van der Waals surface area (Å²) in [5, 5.41) is 6.34. The van der Waals surface area contributed by atoms with E-state index in [2.05, 4.69) is 22.5 Å². The van der Waals surface area contributed by atoms with Crippen LogP contribution in [0.1, 0.15) is 43.0 Å². The quantitative estimate of drug-likeness (QED) is 0.664. The molecule has 2 aliphatic heterocycles. The maximum absolute atomic E-state index is 13.5. The molecule has 0 bridgehead atoms. The van der Waals surface area contributed by atoms with Crippen molar-refractivity contribution in [1.29, 1.82) is 0 Å². The molecule has 0 radical (unpaired) electrons. The number of rotatable bonds is 7. The van der Waals surface area contributed by atoms with Gasteiger partial charge in [-0.2, -0.15) is 0 Å². The van der Waals surface area contributed by atoms with Crippen LogP contribution in [-0.2, 0) is 4.79 Å². The number of carbonyl (C=O) groups excluding carboxylic acids is 2. The molecule has 2 heterocycles. The number of hydrogen-bond acceptors (Lipinski definition) is 4. The van der Waals surface area contributed by atoms with E-state index in [1.54, 1.807) is 11.0 Å². The Balaban J connectivity index is 1.45. The number of para-hydroxylation sites is 3. The Labute approximate surface area is 184 Å². The van der Waals surface area contributed by atoms with Crippen molar-refractivity contribution in [2.45, 2.75) is 32.6 Å². The first-order valence-corrected chi connectivity index (χ1v) is 11.4. The van der Waals surface area contributed by atoms with Gasteiger partial charge in [-0.3, -0.25) is 19.4 Å². The maximum Gasteiger partial charge on any atom is 0.257 e. The summed E-state index contributed by atoms with van der Waals surface area (Å²) < 4.78 is 0. The highest BCUT2D eigenvalue weighted by atomic mass is 16.2. The Kier molecular flexibility index (Phi) is 6.99. The lowest BCUT2D eigenvalue weighted by Gasteiger charge is -2.33. The fourth-order valence-electron chi connectivity index (χ4n) is 4.61. The van der Waals surface area contributed by atoms with Gasteiger partial charge in [-0.25, -0.2) is 0 Å². The molecule has 0 unspecified atom stereocenters. The van der Waals surface area contributed by atoms with Gasteiger partial charge in [0.25, 0.3) is 5.91 Å². The first kappa shape index (κ1) is 21.5. The largest absolute Gasteiger partial charge is 0.320 e. The Hall–Kier alpha value is -2.70. The Bertz CT molecular complexity index is 921. The SMILES string of the molecule is CCNCCCC1CCN(CC(=O)N2c3ccccc3NC(=O)c3ccccc32)CC1. The van der Waals surface area contributed by atoms with Crippen molar-refractivity contribution in [2.75, 3.05) is 42.9 Å². The minimum Gasteiger partial charge on any atom is -0.320 e. The van der Waals surface area contributed by atoms with E-state index in [4.69, 9.17) is 0 Å².